The second kappa shape index (κ2) is 18.2. The number of hydrogen-bond acceptors (Lipinski definition) is 2. The monoisotopic (exact) mass is 911 g/mol. The first-order valence-electron chi connectivity index (χ1n) is 24.0. The molecule has 10 aromatic carbocycles. The molecule has 0 amide bonds. The zero-order valence-electron chi connectivity index (χ0n) is 39.0. The Morgan fingerprint density at radius 2 is 0.957 bits per heavy atom. The summed E-state index contributed by atoms with van der Waals surface area (Å²) in [6, 6.07) is 89.7. The first-order chi connectivity index (χ1) is 34.7. The third kappa shape index (κ3) is 6.99. The normalized spacial score (nSPS) is 12.8. The summed E-state index contributed by atoms with van der Waals surface area (Å²) in [6.07, 6.45) is 8.13. The van der Waals surface area contributed by atoms with Crippen molar-refractivity contribution in [2.24, 2.45) is 0 Å². The molecule has 12 rings (SSSR count). The summed E-state index contributed by atoms with van der Waals surface area (Å²) in [6.45, 7) is 6.21. The van der Waals surface area contributed by atoms with Gasteiger partial charge in [-0.15, -0.1) is 11.3 Å². The average Bonchev–Trinajstić information content (AvgIpc) is 3.97. The summed E-state index contributed by atoms with van der Waals surface area (Å²) >= 11 is 1.88. The number of anilines is 3. The van der Waals surface area contributed by atoms with E-state index in [0.717, 1.165) is 44.9 Å². The van der Waals surface area contributed by atoms with Crippen LogP contribution in [-0.2, 0) is 5.41 Å². The molecule has 0 unspecified atom stereocenters. The van der Waals surface area contributed by atoms with Crippen LogP contribution in [0.4, 0.5) is 17.1 Å². The van der Waals surface area contributed by atoms with Crippen molar-refractivity contribution >= 4 is 54.1 Å². The fourth-order valence-electron chi connectivity index (χ4n) is 11.2. The first kappa shape index (κ1) is 42.8. The molecule has 1 nitrogen and oxygen atoms in total. The number of nitrogens with zero attached hydrogens (tertiary/aromatic N) is 1. The van der Waals surface area contributed by atoms with Gasteiger partial charge in [-0.05, 0) is 86.8 Å². The van der Waals surface area contributed by atoms with Crippen LogP contribution in [0.15, 0.2) is 274 Å². The third-order valence-corrected chi connectivity index (χ3v) is 15.3. The minimum atomic E-state index is -0.584. The molecule has 0 atom stereocenters. The molecule has 332 valence electrons. The average molecular weight is 912 g/mol. The van der Waals surface area contributed by atoms with Crippen LogP contribution in [0.3, 0.4) is 0 Å². The second-order valence-corrected chi connectivity index (χ2v) is 19.0. The van der Waals surface area contributed by atoms with E-state index in [1.54, 1.807) is 0 Å². The summed E-state index contributed by atoms with van der Waals surface area (Å²) in [4.78, 5) is 2.59. The largest absolute Gasteiger partial charge is 0.309 e. The Morgan fingerprint density at radius 1 is 0.429 bits per heavy atom. The Kier molecular flexibility index (Phi) is 11.1. The number of allylic oxidation sites excluding steroid dienone is 5. The van der Waals surface area contributed by atoms with Crippen LogP contribution < -0.4 is 4.90 Å². The summed E-state index contributed by atoms with van der Waals surface area (Å²) in [5.41, 5.74) is 19.5. The van der Waals surface area contributed by atoms with Crippen molar-refractivity contribution in [1.82, 2.24) is 0 Å². The highest BCUT2D eigenvalue weighted by Gasteiger charge is 2.47. The molecule has 0 radical (unpaired) electrons. The van der Waals surface area contributed by atoms with Crippen LogP contribution in [0.1, 0.15) is 34.7 Å². The van der Waals surface area contributed by atoms with E-state index in [2.05, 4.69) is 273 Å². The Balaban J connectivity index is 1.23. The Morgan fingerprint density at radius 3 is 1.70 bits per heavy atom. The molecule has 1 heterocycles. The van der Waals surface area contributed by atoms with Crippen molar-refractivity contribution in [1.29, 1.82) is 0 Å². The summed E-state index contributed by atoms with van der Waals surface area (Å²) < 4.78 is 2.57. The molecule has 1 aliphatic carbocycles. The number of benzene rings is 10. The molecule has 11 aromatic rings. The molecule has 2 heteroatoms. The van der Waals surface area contributed by atoms with Crippen molar-refractivity contribution in [3.63, 3.8) is 0 Å². The topological polar surface area (TPSA) is 3.24 Å². The van der Waals surface area contributed by atoms with Crippen molar-refractivity contribution in [3.8, 4) is 44.5 Å². The van der Waals surface area contributed by atoms with Gasteiger partial charge >= 0.3 is 0 Å². The van der Waals surface area contributed by atoms with Gasteiger partial charge in [0.15, 0.2) is 0 Å². The van der Waals surface area contributed by atoms with E-state index < -0.39 is 5.41 Å². The highest BCUT2D eigenvalue weighted by molar-refractivity contribution is 7.26. The standard InChI is InChI=1S/C68H49NS/c1-3-4-8-26-47(2)51-38-24-44-62(65(51)55-36-16-15-33-52(55)48-27-9-5-10-28-48)69(61-43-21-18-34-53(61)56-39-23-40-57-54-35-19-22-46-64(54)70-67(56)57)63-45-25-42-60-66(63)58-37-17-20-41-59(58)68(60,49-29-11-6-12-30-49)50-31-13-7-14-32-50/h3-46H,1H2,2H3/b8-4-,47-26+. The van der Waals surface area contributed by atoms with Crippen molar-refractivity contribution in [3.05, 3.63) is 301 Å². The van der Waals surface area contributed by atoms with E-state index in [1.807, 2.05) is 23.5 Å². The van der Waals surface area contributed by atoms with Gasteiger partial charge in [0, 0.05) is 42.4 Å². The molecule has 70 heavy (non-hydrogen) atoms. The fraction of sp³-hybridized carbons (Fsp3) is 0.0294. The maximum Gasteiger partial charge on any atom is 0.0714 e. The molecular formula is C68H49NS. The van der Waals surface area contributed by atoms with Gasteiger partial charge in [0.1, 0.15) is 0 Å². The minimum absolute atomic E-state index is 0.584. The number of hydrogen-bond donors (Lipinski definition) is 0. The third-order valence-electron chi connectivity index (χ3n) is 14.1. The number of fused-ring (bicyclic) bond motifs is 6. The van der Waals surface area contributed by atoms with E-state index in [9.17, 15) is 0 Å². The number of para-hydroxylation sites is 1. The number of rotatable bonds is 11. The molecule has 0 N–H and O–H groups in total. The lowest BCUT2D eigenvalue weighted by Gasteiger charge is -2.35. The molecule has 0 spiro atoms. The maximum absolute atomic E-state index is 3.98. The molecule has 0 fully saturated rings. The SMILES string of the molecule is C=C/C=C\C=C(/C)c1cccc(N(c2ccccc2-c2cccc3c2sc2ccccc23)c2cccc3c2-c2ccccc2C3(c2ccccc2)c2ccccc2)c1-c1ccccc1-c1ccccc1. The van der Waals surface area contributed by atoms with E-state index in [0.29, 0.717) is 0 Å². The molecule has 0 saturated carbocycles. The predicted octanol–water partition coefficient (Wildman–Crippen LogP) is 19.0. The maximum atomic E-state index is 3.98. The highest BCUT2D eigenvalue weighted by atomic mass is 32.1. The Hall–Kier alpha value is -8.56. The van der Waals surface area contributed by atoms with Gasteiger partial charge in [0.05, 0.1) is 22.5 Å². The van der Waals surface area contributed by atoms with Gasteiger partial charge in [-0.3, -0.25) is 0 Å². The van der Waals surface area contributed by atoms with Crippen LogP contribution in [-0.4, -0.2) is 0 Å². The van der Waals surface area contributed by atoms with Crippen LogP contribution >= 0.6 is 11.3 Å². The molecule has 0 saturated heterocycles. The Bertz CT molecular complexity index is 3760. The Labute approximate surface area is 414 Å². The first-order valence-corrected chi connectivity index (χ1v) is 24.9. The van der Waals surface area contributed by atoms with Gasteiger partial charge in [-0.25, -0.2) is 0 Å². The van der Waals surface area contributed by atoms with E-state index in [-0.39, 0.29) is 0 Å². The van der Waals surface area contributed by atoms with Gasteiger partial charge in [-0.2, -0.15) is 0 Å². The van der Waals surface area contributed by atoms with Gasteiger partial charge < -0.3 is 4.90 Å². The lowest BCUT2D eigenvalue weighted by Crippen LogP contribution is -2.28. The van der Waals surface area contributed by atoms with Gasteiger partial charge in [0.25, 0.3) is 0 Å². The molecular weight excluding hydrogens is 863 g/mol. The lowest BCUT2D eigenvalue weighted by atomic mass is 9.68. The zero-order valence-corrected chi connectivity index (χ0v) is 39.8. The van der Waals surface area contributed by atoms with Gasteiger partial charge in [-0.1, -0.05) is 249 Å². The van der Waals surface area contributed by atoms with E-state index >= 15 is 0 Å². The second-order valence-electron chi connectivity index (χ2n) is 17.9. The van der Waals surface area contributed by atoms with E-state index in [4.69, 9.17) is 0 Å². The molecule has 0 bridgehead atoms. The van der Waals surface area contributed by atoms with Crippen LogP contribution in [0.25, 0.3) is 70.3 Å². The van der Waals surface area contributed by atoms with Crippen molar-refractivity contribution in [2.45, 2.75) is 12.3 Å². The van der Waals surface area contributed by atoms with Crippen LogP contribution in [0.2, 0.25) is 0 Å². The quantitative estimate of drug-likeness (QED) is 0.117. The summed E-state index contributed by atoms with van der Waals surface area (Å²) in [7, 11) is 0. The lowest BCUT2D eigenvalue weighted by molar-refractivity contribution is 0.768. The van der Waals surface area contributed by atoms with Crippen LogP contribution in [0.5, 0.6) is 0 Å². The zero-order chi connectivity index (χ0) is 47.0. The molecule has 1 aliphatic rings. The van der Waals surface area contributed by atoms with Crippen LogP contribution in [0, 0.1) is 0 Å². The summed E-state index contributed by atoms with van der Waals surface area (Å²) in [5.74, 6) is 0. The van der Waals surface area contributed by atoms with Crippen molar-refractivity contribution in [2.75, 3.05) is 4.90 Å². The fourth-order valence-corrected chi connectivity index (χ4v) is 12.4. The minimum Gasteiger partial charge on any atom is -0.309 e. The highest BCUT2D eigenvalue weighted by Crippen LogP contribution is 2.61. The van der Waals surface area contributed by atoms with E-state index in [1.165, 1.54) is 70.2 Å². The predicted molar refractivity (Wildman–Crippen MR) is 301 cm³/mol. The number of thiophene rings is 1. The van der Waals surface area contributed by atoms with Gasteiger partial charge in [0.2, 0.25) is 0 Å². The smallest absolute Gasteiger partial charge is 0.0714 e. The molecule has 1 aromatic heterocycles. The summed E-state index contributed by atoms with van der Waals surface area (Å²) in [5, 5.41) is 2.56. The molecule has 0 aliphatic heterocycles. The van der Waals surface area contributed by atoms with Crippen molar-refractivity contribution < 1.29 is 0 Å².